The smallest absolute Gasteiger partial charge is 0.231 e. The Labute approximate surface area is 164 Å². The van der Waals surface area contributed by atoms with E-state index in [2.05, 4.69) is 41.7 Å². The fraction of sp³-hybridized carbons (Fsp3) is 0.261. The molecule has 142 valence electrons. The zero-order valence-corrected chi connectivity index (χ0v) is 15.8. The summed E-state index contributed by atoms with van der Waals surface area (Å²) in [7, 11) is 0. The van der Waals surface area contributed by atoms with Crippen molar-refractivity contribution in [2.45, 2.75) is 32.2 Å². The van der Waals surface area contributed by atoms with Crippen LogP contribution in [0, 0.1) is 0 Å². The van der Waals surface area contributed by atoms with E-state index >= 15 is 0 Å². The molecule has 3 heterocycles. The fourth-order valence-corrected chi connectivity index (χ4v) is 3.68. The second kappa shape index (κ2) is 7.08. The van der Waals surface area contributed by atoms with E-state index in [-0.39, 0.29) is 12.8 Å². The third kappa shape index (κ3) is 3.13. The number of hydrogen-bond acceptors (Lipinski definition) is 5. The summed E-state index contributed by atoms with van der Waals surface area (Å²) >= 11 is 0. The fourth-order valence-electron chi connectivity index (χ4n) is 3.68. The van der Waals surface area contributed by atoms with Crippen molar-refractivity contribution in [2.75, 3.05) is 6.79 Å². The van der Waals surface area contributed by atoms with Crippen molar-refractivity contribution in [3.8, 4) is 22.8 Å². The molecule has 5 rings (SSSR count). The number of benzene rings is 2. The molecule has 1 atom stereocenters. The Morgan fingerprint density at radius 2 is 1.79 bits per heavy atom. The first-order valence-electron chi connectivity index (χ1n) is 9.71. The van der Waals surface area contributed by atoms with Crippen LogP contribution in [0.4, 0.5) is 0 Å². The zero-order chi connectivity index (χ0) is 18.9. The number of nitrogens with zero attached hydrogens (tertiary/aromatic N) is 1. The minimum absolute atomic E-state index is 0.0357. The molecule has 5 heteroatoms. The van der Waals surface area contributed by atoms with E-state index in [4.69, 9.17) is 13.9 Å². The maximum atomic E-state index is 6.13. The molecule has 2 aromatic carbocycles. The Morgan fingerprint density at radius 3 is 2.64 bits per heavy atom. The average Bonchev–Trinajstić information content (AvgIpc) is 3.47. The van der Waals surface area contributed by atoms with Crippen LogP contribution in [0.2, 0.25) is 0 Å². The number of rotatable bonds is 5. The maximum Gasteiger partial charge on any atom is 0.231 e. The quantitative estimate of drug-likeness (QED) is 0.678. The molecule has 0 saturated carbocycles. The third-order valence-electron chi connectivity index (χ3n) is 5.21. The number of furan rings is 1. The maximum absolute atomic E-state index is 6.13. The van der Waals surface area contributed by atoms with Gasteiger partial charge in [0.15, 0.2) is 11.5 Å². The summed E-state index contributed by atoms with van der Waals surface area (Å²) in [6.07, 6.45) is 3.03. The highest BCUT2D eigenvalue weighted by molar-refractivity contribution is 6.02. The van der Waals surface area contributed by atoms with Crippen molar-refractivity contribution >= 4 is 5.71 Å². The van der Waals surface area contributed by atoms with Gasteiger partial charge >= 0.3 is 0 Å². The second-order valence-corrected chi connectivity index (χ2v) is 7.16. The number of aryl methyl sites for hydroxylation is 1. The van der Waals surface area contributed by atoms with Gasteiger partial charge in [0.2, 0.25) is 6.79 Å². The molecule has 2 aliphatic heterocycles. The number of ether oxygens (including phenoxy) is 2. The summed E-state index contributed by atoms with van der Waals surface area (Å²) in [6.45, 7) is 2.47. The SMILES string of the molecule is CCCc1ccc(-c2ccc(C3CC(c4ccc5c(c4)OCO5)=NN3)o2)cc1. The van der Waals surface area contributed by atoms with Crippen LogP contribution in [-0.2, 0) is 6.42 Å². The molecule has 0 saturated heterocycles. The molecular weight excluding hydrogens is 352 g/mol. The molecule has 1 N–H and O–H groups in total. The highest BCUT2D eigenvalue weighted by Gasteiger charge is 2.25. The van der Waals surface area contributed by atoms with Crippen LogP contribution in [-0.4, -0.2) is 12.5 Å². The number of fused-ring (bicyclic) bond motifs is 1. The van der Waals surface area contributed by atoms with Gasteiger partial charge in [0.05, 0.1) is 5.71 Å². The van der Waals surface area contributed by atoms with E-state index in [9.17, 15) is 0 Å². The molecule has 0 fully saturated rings. The van der Waals surface area contributed by atoms with E-state index in [1.807, 2.05) is 30.3 Å². The van der Waals surface area contributed by atoms with Crippen molar-refractivity contribution < 1.29 is 13.9 Å². The minimum atomic E-state index is 0.0357. The highest BCUT2D eigenvalue weighted by Crippen LogP contribution is 2.35. The van der Waals surface area contributed by atoms with Crippen molar-refractivity contribution in [1.82, 2.24) is 5.43 Å². The van der Waals surface area contributed by atoms with Crippen LogP contribution in [0.1, 0.15) is 42.7 Å². The predicted molar refractivity (Wildman–Crippen MR) is 108 cm³/mol. The lowest BCUT2D eigenvalue weighted by molar-refractivity contribution is 0.174. The Hall–Kier alpha value is -3.21. The van der Waals surface area contributed by atoms with Gasteiger partial charge in [-0.25, -0.2) is 0 Å². The Kier molecular flexibility index (Phi) is 4.28. The van der Waals surface area contributed by atoms with Crippen LogP contribution in [0.3, 0.4) is 0 Å². The lowest BCUT2D eigenvalue weighted by Crippen LogP contribution is -2.08. The Morgan fingerprint density at radius 1 is 0.964 bits per heavy atom. The molecule has 0 radical (unpaired) electrons. The molecule has 0 aliphatic carbocycles. The van der Waals surface area contributed by atoms with Crippen LogP contribution in [0.5, 0.6) is 11.5 Å². The van der Waals surface area contributed by atoms with Crippen LogP contribution < -0.4 is 14.9 Å². The number of nitrogens with one attached hydrogen (secondary N) is 1. The van der Waals surface area contributed by atoms with Gasteiger partial charge in [0.25, 0.3) is 0 Å². The van der Waals surface area contributed by atoms with Gasteiger partial charge in [0, 0.05) is 17.5 Å². The summed E-state index contributed by atoms with van der Waals surface area (Å²) in [6, 6.07) is 18.6. The van der Waals surface area contributed by atoms with Crippen LogP contribution in [0.15, 0.2) is 64.1 Å². The molecule has 28 heavy (non-hydrogen) atoms. The van der Waals surface area contributed by atoms with E-state index < -0.39 is 0 Å². The van der Waals surface area contributed by atoms with Crippen LogP contribution >= 0.6 is 0 Å². The molecule has 1 unspecified atom stereocenters. The van der Waals surface area contributed by atoms with E-state index in [1.54, 1.807) is 0 Å². The summed E-state index contributed by atoms with van der Waals surface area (Å²) in [4.78, 5) is 0. The summed E-state index contributed by atoms with van der Waals surface area (Å²) in [5.74, 6) is 3.34. The summed E-state index contributed by atoms with van der Waals surface area (Å²) in [5.41, 5.74) is 7.69. The van der Waals surface area contributed by atoms with Crippen molar-refractivity contribution in [3.05, 3.63) is 71.5 Å². The van der Waals surface area contributed by atoms with Crippen molar-refractivity contribution in [1.29, 1.82) is 0 Å². The van der Waals surface area contributed by atoms with Gasteiger partial charge in [-0.1, -0.05) is 37.6 Å². The first kappa shape index (κ1) is 16.9. The molecule has 0 bridgehead atoms. The number of hydrazone groups is 1. The summed E-state index contributed by atoms with van der Waals surface area (Å²) < 4.78 is 17.0. The van der Waals surface area contributed by atoms with E-state index in [1.165, 1.54) is 5.56 Å². The monoisotopic (exact) mass is 374 g/mol. The standard InChI is InChI=1S/C23H22N2O3/c1-2-3-15-4-6-16(7-5-15)20-10-11-21(28-20)19-13-18(24-25-19)17-8-9-22-23(12-17)27-14-26-22/h4-12,19,25H,2-3,13-14H2,1H3. The molecule has 0 spiro atoms. The molecule has 3 aromatic rings. The highest BCUT2D eigenvalue weighted by atomic mass is 16.7. The normalized spacial score (nSPS) is 17.5. The van der Waals surface area contributed by atoms with Gasteiger partial charge in [-0.3, -0.25) is 5.43 Å². The van der Waals surface area contributed by atoms with Gasteiger partial charge in [-0.05, 0) is 42.3 Å². The number of hydrogen-bond donors (Lipinski definition) is 1. The van der Waals surface area contributed by atoms with Crippen molar-refractivity contribution in [2.24, 2.45) is 5.10 Å². The average molecular weight is 374 g/mol. The molecule has 0 amide bonds. The largest absolute Gasteiger partial charge is 0.459 e. The predicted octanol–water partition coefficient (Wildman–Crippen LogP) is 5.07. The molecule has 1 aromatic heterocycles. The van der Waals surface area contributed by atoms with E-state index in [0.717, 1.165) is 59.1 Å². The van der Waals surface area contributed by atoms with E-state index in [0.29, 0.717) is 0 Å². The van der Waals surface area contributed by atoms with Gasteiger partial charge in [-0.2, -0.15) is 5.10 Å². The van der Waals surface area contributed by atoms with Gasteiger partial charge in [0.1, 0.15) is 17.6 Å². The van der Waals surface area contributed by atoms with Crippen LogP contribution in [0.25, 0.3) is 11.3 Å². The summed E-state index contributed by atoms with van der Waals surface area (Å²) in [5, 5.41) is 4.51. The first-order valence-corrected chi connectivity index (χ1v) is 9.71. The van der Waals surface area contributed by atoms with Gasteiger partial charge in [-0.15, -0.1) is 0 Å². The molecule has 2 aliphatic rings. The molecular formula is C23H22N2O3. The Bertz CT molecular complexity index is 1020. The zero-order valence-electron chi connectivity index (χ0n) is 15.8. The second-order valence-electron chi connectivity index (χ2n) is 7.16. The first-order chi connectivity index (χ1) is 13.8. The Balaban J connectivity index is 1.29. The lowest BCUT2D eigenvalue weighted by Gasteiger charge is -2.07. The third-order valence-corrected chi connectivity index (χ3v) is 5.21. The van der Waals surface area contributed by atoms with Crippen molar-refractivity contribution in [3.63, 3.8) is 0 Å². The molecule has 5 nitrogen and oxygen atoms in total. The van der Waals surface area contributed by atoms with Gasteiger partial charge < -0.3 is 13.9 Å². The topological polar surface area (TPSA) is 56.0 Å². The minimum Gasteiger partial charge on any atom is -0.459 e. The lowest BCUT2D eigenvalue weighted by atomic mass is 10.0.